The van der Waals surface area contributed by atoms with Gasteiger partial charge in [-0.15, -0.1) is 0 Å². The van der Waals surface area contributed by atoms with Gasteiger partial charge in [-0.2, -0.15) is 0 Å². The molecule has 1 heterocycles. The standard InChI is InChI=1S/C13H13NO.C2H6/c1-10(15)12-7-8-13(14-9-12)11-5-3-2-4-6-11;1-2/h3,5-9H,2,4H2,1H3;1-2H3. The molecule has 0 radical (unpaired) electrons. The minimum absolute atomic E-state index is 0.0576. The molecule has 0 aromatic carbocycles. The molecule has 2 nitrogen and oxygen atoms in total. The molecule has 1 aliphatic rings. The van der Waals surface area contributed by atoms with Crippen molar-refractivity contribution in [1.29, 1.82) is 0 Å². The van der Waals surface area contributed by atoms with E-state index in [0.29, 0.717) is 5.56 Å². The zero-order chi connectivity index (χ0) is 12.7. The van der Waals surface area contributed by atoms with Gasteiger partial charge < -0.3 is 0 Å². The summed E-state index contributed by atoms with van der Waals surface area (Å²) in [5.74, 6) is 0.0576. The topological polar surface area (TPSA) is 30.0 Å². The molecule has 0 saturated heterocycles. The van der Waals surface area contributed by atoms with Crippen molar-refractivity contribution in [3.05, 3.63) is 47.8 Å². The molecule has 1 aliphatic carbocycles. The van der Waals surface area contributed by atoms with Crippen LogP contribution in [0.4, 0.5) is 0 Å². The Morgan fingerprint density at radius 2 is 2.00 bits per heavy atom. The van der Waals surface area contributed by atoms with Gasteiger partial charge >= 0.3 is 0 Å². The summed E-state index contributed by atoms with van der Waals surface area (Å²) in [6, 6.07) is 3.73. The number of hydrogen-bond donors (Lipinski definition) is 0. The molecule has 0 saturated carbocycles. The number of aromatic nitrogens is 1. The lowest BCUT2D eigenvalue weighted by Gasteiger charge is -2.06. The van der Waals surface area contributed by atoms with Crippen LogP contribution < -0.4 is 0 Å². The molecule has 0 fully saturated rings. The fraction of sp³-hybridized carbons (Fsp3) is 0.333. The largest absolute Gasteiger partial charge is 0.294 e. The number of Topliss-reactive ketones (excluding diaryl/α,β-unsaturated/α-hetero) is 1. The minimum atomic E-state index is 0.0576. The summed E-state index contributed by atoms with van der Waals surface area (Å²) >= 11 is 0. The van der Waals surface area contributed by atoms with Crippen molar-refractivity contribution in [1.82, 2.24) is 4.98 Å². The fourth-order valence-electron chi connectivity index (χ4n) is 1.58. The van der Waals surface area contributed by atoms with Crippen molar-refractivity contribution >= 4 is 11.4 Å². The number of nitrogens with zero attached hydrogens (tertiary/aromatic N) is 1. The Bertz CT molecular complexity index is 427. The molecule has 2 rings (SSSR count). The van der Waals surface area contributed by atoms with Gasteiger partial charge in [0.1, 0.15) is 0 Å². The van der Waals surface area contributed by atoms with Crippen molar-refractivity contribution in [2.45, 2.75) is 33.6 Å². The highest BCUT2D eigenvalue weighted by Crippen LogP contribution is 2.19. The molecule has 0 amide bonds. The van der Waals surface area contributed by atoms with E-state index in [-0.39, 0.29) is 5.78 Å². The molecule has 0 aliphatic heterocycles. The number of pyridine rings is 1. The lowest BCUT2D eigenvalue weighted by atomic mass is 10.0. The van der Waals surface area contributed by atoms with Crippen LogP contribution in [0.25, 0.3) is 5.57 Å². The molecule has 1 aromatic rings. The van der Waals surface area contributed by atoms with Gasteiger partial charge in [-0.3, -0.25) is 9.78 Å². The first kappa shape index (κ1) is 13.4. The molecule has 1 aromatic heterocycles. The molecular weight excluding hydrogens is 210 g/mol. The highest BCUT2D eigenvalue weighted by atomic mass is 16.1. The van der Waals surface area contributed by atoms with Crippen LogP contribution in [0.15, 0.2) is 36.6 Å². The first-order valence-electron chi connectivity index (χ1n) is 6.11. The number of ketones is 1. The van der Waals surface area contributed by atoms with Crippen molar-refractivity contribution in [2.75, 3.05) is 0 Å². The van der Waals surface area contributed by atoms with Gasteiger partial charge in [0.25, 0.3) is 0 Å². The van der Waals surface area contributed by atoms with Gasteiger partial charge in [0, 0.05) is 11.8 Å². The number of hydrogen-bond acceptors (Lipinski definition) is 2. The van der Waals surface area contributed by atoms with Crippen LogP contribution in [-0.2, 0) is 0 Å². The molecule has 17 heavy (non-hydrogen) atoms. The second-order valence-electron chi connectivity index (χ2n) is 3.63. The lowest BCUT2D eigenvalue weighted by Crippen LogP contribution is -1.95. The van der Waals surface area contributed by atoms with E-state index in [1.807, 2.05) is 26.0 Å². The second kappa shape index (κ2) is 6.79. The molecule has 90 valence electrons. The normalized spacial score (nSPS) is 13.5. The fourth-order valence-corrected chi connectivity index (χ4v) is 1.58. The predicted octanol–water partition coefficient (Wildman–Crippen LogP) is 4.04. The van der Waals surface area contributed by atoms with Crippen LogP contribution >= 0.6 is 0 Å². The maximum atomic E-state index is 11.1. The van der Waals surface area contributed by atoms with Crippen LogP contribution in [0.1, 0.15) is 49.7 Å². The van der Waals surface area contributed by atoms with Crippen molar-refractivity contribution < 1.29 is 4.79 Å². The predicted molar refractivity (Wildman–Crippen MR) is 71.9 cm³/mol. The van der Waals surface area contributed by atoms with E-state index in [9.17, 15) is 4.79 Å². The molecule has 0 bridgehead atoms. The number of rotatable bonds is 2. The third kappa shape index (κ3) is 3.66. The molecular formula is C15H19NO. The highest BCUT2D eigenvalue weighted by molar-refractivity contribution is 5.93. The van der Waals surface area contributed by atoms with Crippen molar-refractivity contribution in [2.24, 2.45) is 0 Å². The Kier molecular flexibility index (Phi) is 5.34. The van der Waals surface area contributed by atoms with E-state index in [2.05, 4.69) is 23.2 Å². The number of carbonyl (C=O) groups is 1. The summed E-state index contributed by atoms with van der Waals surface area (Å²) in [5.41, 5.74) is 2.76. The first-order chi connectivity index (χ1) is 8.27. The van der Waals surface area contributed by atoms with Crippen LogP contribution in [0, 0.1) is 0 Å². The van der Waals surface area contributed by atoms with Gasteiger partial charge in [-0.1, -0.05) is 32.1 Å². The zero-order valence-electron chi connectivity index (χ0n) is 10.7. The summed E-state index contributed by atoms with van der Waals surface area (Å²) in [7, 11) is 0. The van der Waals surface area contributed by atoms with E-state index in [1.54, 1.807) is 13.1 Å². The smallest absolute Gasteiger partial charge is 0.161 e. The summed E-state index contributed by atoms with van der Waals surface area (Å²) in [5, 5.41) is 0. The monoisotopic (exact) mass is 229 g/mol. The van der Waals surface area contributed by atoms with Crippen molar-refractivity contribution in [3.8, 4) is 0 Å². The zero-order valence-corrected chi connectivity index (χ0v) is 10.7. The average Bonchev–Trinajstić information content (AvgIpc) is 2.42. The highest BCUT2D eigenvalue weighted by Gasteiger charge is 2.04. The third-order valence-electron chi connectivity index (χ3n) is 2.46. The van der Waals surface area contributed by atoms with Crippen LogP contribution in [0.5, 0.6) is 0 Å². The summed E-state index contributed by atoms with van der Waals surface area (Å²) in [6.07, 6.45) is 10.2. The molecule has 2 heteroatoms. The van der Waals surface area contributed by atoms with Gasteiger partial charge in [0.15, 0.2) is 5.78 Å². The third-order valence-corrected chi connectivity index (χ3v) is 2.46. The van der Waals surface area contributed by atoms with E-state index < -0.39 is 0 Å². The molecule has 0 spiro atoms. The van der Waals surface area contributed by atoms with E-state index >= 15 is 0 Å². The number of carbonyl (C=O) groups excluding carboxylic acids is 1. The molecule has 0 unspecified atom stereocenters. The molecule has 0 atom stereocenters. The van der Waals surface area contributed by atoms with Crippen LogP contribution in [0.3, 0.4) is 0 Å². The lowest BCUT2D eigenvalue weighted by molar-refractivity contribution is 0.101. The van der Waals surface area contributed by atoms with Gasteiger partial charge in [-0.25, -0.2) is 0 Å². The van der Waals surface area contributed by atoms with Crippen LogP contribution in [0.2, 0.25) is 0 Å². The first-order valence-corrected chi connectivity index (χ1v) is 6.11. The summed E-state index contributed by atoms with van der Waals surface area (Å²) < 4.78 is 0. The summed E-state index contributed by atoms with van der Waals surface area (Å²) in [6.45, 7) is 5.55. The minimum Gasteiger partial charge on any atom is -0.294 e. The Balaban J connectivity index is 0.000000686. The van der Waals surface area contributed by atoms with E-state index in [0.717, 1.165) is 24.1 Å². The Labute approximate surface area is 103 Å². The Hall–Kier alpha value is -1.70. The van der Waals surface area contributed by atoms with E-state index in [4.69, 9.17) is 0 Å². The Morgan fingerprint density at radius 1 is 1.24 bits per heavy atom. The van der Waals surface area contributed by atoms with Gasteiger partial charge in [0.2, 0.25) is 0 Å². The quantitative estimate of drug-likeness (QED) is 0.716. The maximum Gasteiger partial charge on any atom is 0.161 e. The Morgan fingerprint density at radius 3 is 2.47 bits per heavy atom. The number of allylic oxidation sites excluding steroid dienone is 4. The van der Waals surface area contributed by atoms with Crippen molar-refractivity contribution in [3.63, 3.8) is 0 Å². The average molecular weight is 229 g/mol. The van der Waals surface area contributed by atoms with E-state index in [1.165, 1.54) is 0 Å². The second-order valence-corrected chi connectivity index (χ2v) is 3.63. The van der Waals surface area contributed by atoms with Gasteiger partial charge in [-0.05, 0) is 37.5 Å². The SMILES string of the molecule is CC.CC(=O)c1ccc(C2=CCCC=C2)nc1. The maximum absolute atomic E-state index is 11.1. The van der Waals surface area contributed by atoms with Crippen LogP contribution in [-0.4, -0.2) is 10.8 Å². The molecule has 0 N–H and O–H groups in total. The van der Waals surface area contributed by atoms with Gasteiger partial charge in [0.05, 0.1) is 5.69 Å². The summed E-state index contributed by atoms with van der Waals surface area (Å²) in [4.78, 5) is 15.3.